The molecule has 0 unspecified atom stereocenters. The van der Waals surface area contributed by atoms with Gasteiger partial charge in [-0.1, -0.05) is 18.2 Å². The maximum Gasteiger partial charge on any atom is 0.283 e. The number of benzene rings is 1. The molecule has 7 nitrogen and oxygen atoms in total. The molecule has 3 aromatic rings. The van der Waals surface area contributed by atoms with E-state index in [4.69, 9.17) is 5.41 Å². The van der Waals surface area contributed by atoms with Crippen LogP contribution < -0.4 is 0 Å². The van der Waals surface area contributed by atoms with Crippen molar-refractivity contribution in [3.8, 4) is 5.69 Å². The topological polar surface area (TPSA) is 86.7 Å². The summed E-state index contributed by atoms with van der Waals surface area (Å²) in [6.07, 6.45) is 5.13. The maximum atomic E-state index is 12.8. The lowest BCUT2D eigenvalue weighted by Crippen LogP contribution is -2.35. The van der Waals surface area contributed by atoms with Gasteiger partial charge in [0, 0.05) is 35.0 Å². The molecule has 0 atom stereocenters. The molecule has 158 valence electrons. The maximum absolute atomic E-state index is 12.8. The molecule has 32 heavy (non-hydrogen) atoms. The Morgan fingerprint density at radius 3 is 2.66 bits per heavy atom. The van der Waals surface area contributed by atoms with Gasteiger partial charge in [0.1, 0.15) is 5.04 Å². The Balaban J connectivity index is 1.53. The minimum atomic E-state index is -0.433. The van der Waals surface area contributed by atoms with E-state index < -0.39 is 5.91 Å². The van der Waals surface area contributed by atoms with Gasteiger partial charge in [-0.05, 0) is 74.0 Å². The molecule has 0 fully saturated rings. The molecule has 5 rings (SSSR count). The number of hydrogen-bond acceptors (Lipinski definition) is 5. The smallest absolute Gasteiger partial charge is 0.283 e. The quantitative estimate of drug-likeness (QED) is 0.609. The Labute approximate surface area is 189 Å². The van der Waals surface area contributed by atoms with Crippen molar-refractivity contribution in [2.24, 2.45) is 10.1 Å². The number of aliphatic imine (C=N–C) groups is 1. The zero-order valence-corrected chi connectivity index (χ0v) is 18.6. The van der Waals surface area contributed by atoms with Gasteiger partial charge in [0.2, 0.25) is 5.17 Å². The van der Waals surface area contributed by atoms with Crippen LogP contribution in [0.3, 0.4) is 0 Å². The number of fused-ring (bicyclic) bond motifs is 1. The van der Waals surface area contributed by atoms with Crippen molar-refractivity contribution < 1.29 is 4.79 Å². The van der Waals surface area contributed by atoms with Crippen molar-refractivity contribution in [2.75, 3.05) is 0 Å². The normalized spacial score (nSPS) is 17.0. The van der Waals surface area contributed by atoms with Gasteiger partial charge in [-0.2, -0.15) is 15.1 Å². The third kappa shape index (κ3) is 3.29. The van der Waals surface area contributed by atoms with E-state index in [1.807, 2.05) is 44.2 Å². The number of hydrogen-bond donors (Lipinski definition) is 1. The van der Waals surface area contributed by atoms with Gasteiger partial charge in [0.05, 0.1) is 5.57 Å². The number of amidine groups is 2. The van der Waals surface area contributed by atoms with E-state index in [0.29, 0.717) is 10.2 Å². The van der Waals surface area contributed by atoms with Crippen LogP contribution >= 0.6 is 11.8 Å². The van der Waals surface area contributed by atoms with E-state index in [2.05, 4.69) is 38.7 Å². The van der Waals surface area contributed by atoms with Crippen LogP contribution in [0.25, 0.3) is 11.8 Å². The zero-order valence-electron chi connectivity index (χ0n) is 17.8. The second kappa shape index (κ2) is 7.72. The Bertz CT molecular complexity index is 1370. The molecule has 2 aliphatic rings. The standard InChI is InChI=1S/C24H20N6OS/c1-14-7-4-5-9-20(14)29-15(2)11-18(16(29)3)12-19-21(25)30-24(27-22(19)31)32-23(28-30)17-8-6-10-26-13-17/h4-13,25H,1-3H3. The van der Waals surface area contributed by atoms with Crippen molar-refractivity contribution >= 4 is 39.8 Å². The van der Waals surface area contributed by atoms with Gasteiger partial charge in [-0.25, -0.2) is 0 Å². The van der Waals surface area contributed by atoms with Gasteiger partial charge >= 0.3 is 0 Å². The fraction of sp³-hybridized carbons (Fsp3) is 0.125. The summed E-state index contributed by atoms with van der Waals surface area (Å²) >= 11 is 1.27. The summed E-state index contributed by atoms with van der Waals surface area (Å²) in [5.74, 6) is -0.413. The Morgan fingerprint density at radius 1 is 1.09 bits per heavy atom. The predicted octanol–water partition coefficient (Wildman–Crippen LogP) is 4.47. The second-order valence-electron chi connectivity index (χ2n) is 7.62. The number of rotatable bonds is 3. The average molecular weight is 441 g/mol. The molecule has 1 N–H and O–H groups in total. The van der Waals surface area contributed by atoms with Gasteiger partial charge in [-0.15, -0.1) is 0 Å². The summed E-state index contributed by atoms with van der Waals surface area (Å²) in [5.41, 5.74) is 6.22. The largest absolute Gasteiger partial charge is 0.318 e. The van der Waals surface area contributed by atoms with Crippen LogP contribution in [-0.2, 0) is 4.79 Å². The van der Waals surface area contributed by atoms with Crippen LogP contribution in [0.5, 0.6) is 0 Å². The first-order valence-electron chi connectivity index (χ1n) is 10.1. The summed E-state index contributed by atoms with van der Waals surface area (Å²) in [6.45, 7) is 6.13. The number of hydrazone groups is 1. The molecule has 0 aliphatic carbocycles. The Hall–Kier alpha value is -3.78. The fourth-order valence-electron chi connectivity index (χ4n) is 3.87. The summed E-state index contributed by atoms with van der Waals surface area (Å²) in [7, 11) is 0. The first kappa shape index (κ1) is 20.1. The van der Waals surface area contributed by atoms with Crippen molar-refractivity contribution in [2.45, 2.75) is 20.8 Å². The molecular formula is C24H20N6OS. The van der Waals surface area contributed by atoms with Gasteiger partial charge in [0.15, 0.2) is 5.84 Å². The highest BCUT2D eigenvalue weighted by molar-refractivity contribution is 8.27. The van der Waals surface area contributed by atoms with Crippen molar-refractivity contribution in [3.05, 3.63) is 88.5 Å². The lowest BCUT2D eigenvalue weighted by atomic mass is 10.1. The zero-order chi connectivity index (χ0) is 22.4. The first-order chi connectivity index (χ1) is 15.4. The van der Waals surface area contributed by atoms with Crippen LogP contribution in [-0.4, -0.2) is 36.5 Å². The molecule has 0 saturated carbocycles. The molecule has 2 aliphatic heterocycles. The Morgan fingerprint density at radius 2 is 1.91 bits per heavy atom. The number of nitrogens with one attached hydrogen (secondary N) is 1. The lowest BCUT2D eigenvalue weighted by Gasteiger charge is -2.20. The molecule has 1 aromatic carbocycles. The molecule has 0 radical (unpaired) electrons. The number of pyridine rings is 1. The van der Waals surface area contributed by atoms with Crippen LogP contribution in [0.4, 0.5) is 0 Å². The number of carbonyl (C=O) groups is 1. The lowest BCUT2D eigenvalue weighted by molar-refractivity contribution is -0.114. The molecule has 2 aromatic heterocycles. The predicted molar refractivity (Wildman–Crippen MR) is 128 cm³/mol. The molecule has 0 saturated heterocycles. The molecule has 4 heterocycles. The average Bonchev–Trinajstić information content (AvgIpc) is 3.33. The third-order valence-electron chi connectivity index (χ3n) is 5.49. The minimum Gasteiger partial charge on any atom is -0.318 e. The monoisotopic (exact) mass is 440 g/mol. The van der Waals surface area contributed by atoms with Crippen LogP contribution in [0.15, 0.2) is 70.5 Å². The van der Waals surface area contributed by atoms with E-state index in [1.54, 1.807) is 18.5 Å². The van der Waals surface area contributed by atoms with Gasteiger partial charge in [-0.3, -0.25) is 15.2 Å². The number of amides is 1. The number of para-hydroxylation sites is 1. The second-order valence-corrected chi connectivity index (χ2v) is 8.57. The number of thioether (sulfide) groups is 1. The van der Waals surface area contributed by atoms with Crippen LogP contribution in [0, 0.1) is 26.2 Å². The number of aromatic nitrogens is 2. The molecule has 0 bridgehead atoms. The van der Waals surface area contributed by atoms with Crippen molar-refractivity contribution in [1.82, 2.24) is 14.6 Å². The first-order valence-corrected chi connectivity index (χ1v) is 10.9. The number of carbonyl (C=O) groups excluding carboxylic acids is 1. The van der Waals surface area contributed by atoms with E-state index in [1.165, 1.54) is 16.8 Å². The highest BCUT2D eigenvalue weighted by Crippen LogP contribution is 2.32. The Kier molecular flexibility index (Phi) is 4.86. The molecular weight excluding hydrogens is 420 g/mol. The summed E-state index contributed by atoms with van der Waals surface area (Å²) < 4.78 is 2.16. The van der Waals surface area contributed by atoms with E-state index in [-0.39, 0.29) is 11.4 Å². The number of nitrogens with zero attached hydrogens (tertiary/aromatic N) is 5. The molecule has 1 amide bonds. The minimum absolute atomic E-state index is 0.0204. The van der Waals surface area contributed by atoms with E-state index >= 15 is 0 Å². The van der Waals surface area contributed by atoms with Crippen LogP contribution in [0.1, 0.15) is 28.1 Å². The third-order valence-corrected chi connectivity index (χ3v) is 6.45. The number of aryl methyl sites for hydroxylation is 2. The van der Waals surface area contributed by atoms with E-state index in [9.17, 15) is 4.79 Å². The highest BCUT2D eigenvalue weighted by Gasteiger charge is 2.36. The van der Waals surface area contributed by atoms with Crippen molar-refractivity contribution in [1.29, 1.82) is 5.41 Å². The molecule has 0 spiro atoms. The van der Waals surface area contributed by atoms with Crippen molar-refractivity contribution in [3.63, 3.8) is 0 Å². The SMILES string of the molecule is Cc1ccccc1-n1c(C)cc(C=C2C(=N)N3N=C(c4cccnc4)SC3=NC2=O)c1C. The van der Waals surface area contributed by atoms with Crippen LogP contribution in [0.2, 0.25) is 0 Å². The fourth-order valence-corrected chi connectivity index (χ4v) is 4.75. The highest BCUT2D eigenvalue weighted by atomic mass is 32.2. The van der Waals surface area contributed by atoms with Gasteiger partial charge in [0.25, 0.3) is 5.91 Å². The summed E-state index contributed by atoms with van der Waals surface area (Å²) in [4.78, 5) is 21.1. The molecule has 8 heteroatoms. The van der Waals surface area contributed by atoms with Gasteiger partial charge < -0.3 is 4.57 Å². The summed E-state index contributed by atoms with van der Waals surface area (Å²) in [5, 5.41) is 15.6. The summed E-state index contributed by atoms with van der Waals surface area (Å²) in [6, 6.07) is 13.9. The van der Waals surface area contributed by atoms with E-state index in [0.717, 1.165) is 33.8 Å².